The lowest BCUT2D eigenvalue weighted by molar-refractivity contribution is -0.140. The summed E-state index contributed by atoms with van der Waals surface area (Å²) in [4.78, 5) is 15.4. The van der Waals surface area contributed by atoms with Gasteiger partial charge < -0.3 is 4.74 Å². The minimum atomic E-state index is -0.850. The van der Waals surface area contributed by atoms with Gasteiger partial charge in [0.1, 0.15) is 0 Å². The van der Waals surface area contributed by atoms with E-state index in [9.17, 15) is 4.79 Å². The van der Waals surface area contributed by atoms with Crippen molar-refractivity contribution in [1.29, 1.82) is 0 Å². The summed E-state index contributed by atoms with van der Waals surface area (Å²) in [5.41, 5.74) is 0.946. The molecule has 0 aliphatic rings. The summed E-state index contributed by atoms with van der Waals surface area (Å²) in [6.45, 7) is 7.76. The van der Waals surface area contributed by atoms with E-state index in [1.807, 2.05) is 60.7 Å². The molecule has 0 aliphatic heterocycles. The van der Waals surface area contributed by atoms with Gasteiger partial charge in [0.15, 0.2) is 0 Å². The Kier molecular flexibility index (Phi) is 4.73. The van der Waals surface area contributed by atoms with Crippen LogP contribution in [0.3, 0.4) is 0 Å². The number of carbonyl (C=O) groups excluding carboxylic acids is 1. The van der Waals surface area contributed by atoms with E-state index in [1.54, 1.807) is 0 Å². The number of rotatable bonds is 5. The number of benzene rings is 2. The SMILES string of the molecule is [C-]#[N+]C(CCC(=O)OC)(c1ccccc1)c1ccccc1. The molecule has 0 radical (unpaired) electrons. The fourth-order valence-corrected chi connectivity index (χ4v) is 2.45. The van der Waals surface area contributed by atoms with Gasteiger partial charge in [-0.3, -0.25) is 9.64 Å². The van der Waals surface area contributed by atoms with Gasteiger partial charge in [-0.15, -0.1) is 0 Å². The highest BCUT2D eigenvalue weighted by Gasteiger charge is 2.41. The lowest BCUT2D eigenvalue weighted by atomic mass is 9.80. The van der Waals surface area contributed by atoms with Crippen LogP contribution in [0.15, 0.2) is 60.7 Å². The maximum absolute atomic E-state index is 11.5. The fraction of sp³-hybridized carbons (Fsp3) is 0.222. The molecule has 21 heavy (non-hydrogen) atoms. The van der Waals surface area contributed by atoms with Crippen LogP contribution in [-0.2, 0) is 15.1 Å². The zero-order chi connectivity index (χ0) is 15.1. The monoisotopic (exact) mass is 279 g/mol. The van der Waals surface area contributed by atoms with Crippen molar-refractivity contribution in [3.8, 4) is 0 Å². The zero-order valence-corrected chi connectivity index (χ0v) is 12.0. The number of ether oxygens (including phenoxy) is 1. The van der Waals surface area contributed by atoms with Gasteiger partial charge in [-0.05, 0) is 0 Å². The second-order valence-corrected chi connectivity index (χ2v) is 4.78. The molecule has 3 nitrogen and oxygen atoms in total. The maximum atomic E-state index is 11.5. The molecule has 0 saturated carbocycles. The second kappa shape index (κ2) is 6.71. The number of nitrogens with zero attached hydrogens (tertiary/aromatic N) is 1. The Balaban J connectivity index is 2.47. The van der Waals surface area contributed by atoms with Gasteiger partial charge in [0.05, 0.1) is 13.5 Å². The smallest absolute Gasteiger partial charge is 0.305 e. The van der Waals surface area contributed by atoms with Crippen molar-refractivity contribution in [3.05, 3.63) is 83.2 Å². The van der Waals surface area contributed by atoms with Crippen LogP contribution in [0.4, 0.5) is 0 Å². The molecule has 0 atom stereocenters. The standard InChI is InChI=1S/C18H17NO2/c1-19-18(14-13-17(20)21-2,15-9-5-3-6-10-15)16-11-7-4-8-12-16/h3-12H,13-14H2,2H3. The molecule has 2 aromatic carbocycles. The van der Waals surface area contributed by atoms with Crippen molar-refractivity contribution >= 4 is 5.97 Å². The highest BCUT2D eigenvalue weighted by Crippen LogP contribution is 2.38. The molecule has 0 unspecified atom stereocenters. The van der Waals surface area contributed by atoms with Crippen LogP contribution in [0.5, 0.6) is 0 Å². The molecule has 0 amide bonds. The van der Waals surface area contributed by atoms with Crippen molar-refractivity contribution in [2.24, 2.45) is 0 Å². The maximum Gasteiger partial charge on any atom is 0.305 e. The minimum Gasteiger partial charge on any atom is -0.469 e. The van der Waals surface area contributed by atoms with Gasteiger partial charge in [-0.2, -0.15) is 0 Å². The molecule has 3 heteroatoms. The van der Waals surface area contributed by atoms with E-state index >= 15 is 0 Å². The highest BCUT2D eigenvalue weighted by atomic mass is 16.5. The Bertz CT molecular complexity index is 590. The van der Waals surface area contributed by atoms with E-state index in [2.05, 4.69) is 4.85 Å². The van der Waals surface area contributed by atoms with E-state index < -0.39 is 5.54 Å². The summed E-state index contributed by atoms with van der Waals surface area (Å²) >= 11 is 0. The molecule has 0 heterocycles. The van der Waals surface area contributed by atoms with Crippen LogP contribution in [0, 0.1) is 6.57 Å². The molecule has 106 valence electrons. The molecule has 0 aliphatic carbocycles. The molecule has 0 spiro atoms. The normalized spacial score (nSPS) is 10.7. The first-order valence-corrected chi connectivity index (χ1v) is 6.79. The number of esters is 1. The van der Waals surface area contributed by atoms with Crippen LogP contribution < -0.4 is 0 Å². The molecular formula is C18H17NO2. The van der Waals surface area contributed by atoms with E-state index in [0.717, 1.165) is 11.1 Å². The molecular weight excluding hydrogens is 262 g/mol. The quantitative estimate of drug-likeness (QED) is 0.615. The fourth-order valence-electron chi connectivity index (χ4n) is 2.45. The Morgan fingerprint density at radius 2 is 1.52 bits per heavy atom. The summed E-state index contributed by atoms with van der Waals surface area (Å²) < 4.78 is 4.72. The molecule has 0 aromatic heterocycles. The first-order valence-electron chi connectivity index (χ1n) is 6.79. The molecule has 0 fully saturated rings. The van der Waals surface area contributed by atoms with Crippen LogP contribution in [0.1, 0.15) is 24.0 Å². The average molecular weight is 279 g/mol. The topological polar surface area (TPSA) is 30.7 Å². The number of hydrogen-bond donors (Lipinski definition) is 0. The summed E-state index contributed by atoms with van der Waals surface area (Å²) in [6, 6.07) is 19.2. The minimum absolute atomic E-state index is 0.211. The molecule has 0 bridgehead atoms. The summed E-state index contributed by atoms with van der Waals surface area (Å²) in [5.74, 6) is -0.296. The Morgan fingerprint density at radius 1 is 1.05 bits per heavy atom. The van der Waals surface area contributed by atoms with E-state index in [-0.39, 0.29) is 12.4 Å². The predicted molar refractivity (Wildman–Crippen MR) is 81.5 cm³/mol. The van der Waals surface area contributed by atoms with Crippen molar-refractivity contribution in [2.75, 3.05) is 7.11 Å². The third-order valence-corrected chi connectivity index (χ3v) is 3.61. The Hall–Kier alpha value is -2.60. The molecule has 2 rings (SSSR count). The van der Waals surface area contributed by atoms with Crippen LogP contribution in [0.2, 0.25) is 0 Å². The van der Waals surface area contributed by atoms with E-state index in [1.165, 1.54) is 7.11 Å². The summed E-state index contributed by atoms with van der Waals surface area (Å²) in [5, 5.41) is 0. The van der Waals surface area contributed by atoms with Crippen molar-refractivity contribution < 1.29 is 9.53 Å². The average Bonchev–Trinajstić information content (AvgIpc) is 2.57. The van der Waals surface area contributed by atoms with Crippen molar-refractivity contribution in [2.45, 2.75) is 18.4 Å². The molecule has 2 aromatic rings. The third-order valence-electron chi connectivity index (χ3n) is 3.61. The van der Waals surface area contributed by atoms with Crippen LogP contribution in [0.25, 0.3) is 4.85 Å². The van der Waals surface area contributed by atoms with Gasteiger partial charge in [-0.25, -0.2) is 6.57 Å². The number of hydrogen-bond acceptors (Lipinski definition) is 2. The molecule has 0 saturated heterocycles. The van der Waals surface area contributed by atoms with Crippen molar-refractivity contribution in [1.82, 2.24) is 0 Å². The number of methoxy groups -OCH3 is 1. The second-order valence-electron chi connectivity index (χ2n) is 4.78. The van der Waals surface area contributed by atoms with Gasteiger partial charge in [-0.1, -0.05) is 60.7 Å². The third kappa shape index (κ3) is 3.11. The van der Waals surface area contributed by atoms with Gasteiger partial charge in [0.25, 0.3) is 5.54 Å². The summed E-state index contributed by atoms with van der Waals surface area (Å²) in [6.07, 6.45) is 0.611. The van der Waals surface area contributed by atoms with Gasteiger partial charge in [0.2, 0.25) is 0 Å². The van der Waals surface area contributed by atoms with Crippen molar-refractivity contribution in [3.63, 3.8) is 0 Å². The molecule has 0 N–H and O–H groups in total. The van der Waals surface area contributed by atoms with E-state index in [0.29, 0.717) is 6.42 Å². The van der Waals surface area contributed by atoms with Gasteiger partial charge in [0, 0.05) is 17.5 Å². The van der Waals surface area contributed by atoms with E-state index in [4.69, 9.17) is 11.3 Å². The summed E-state index contributed by atoms with van der Waals surface area (Å²) in [7, 11) is 1.37. The lowest BCUT2D eigenvalue weighted by Crippen LogP contribution is -2.25. The Morgan fingerprint density at radius 3 is 1.90 bits per heavy atom. The van der Waals surface area contributed by atoms with Crippen LogP contribution in [-0.4, -0.2) is 13.1 Å². The zero-order valence-electron chi connectivity index (χ0n) is 12.0. The van der Waals surface area contributed by atoms with Gasteiger partial charge >= 0.3 is 5.97 Å². The first-order chi connectivity index (χ1) is 10.2. The largest absolute Gasteiger partial charge is 0.469 e. The number of carbonyl (C=O) groups is 1. The lowest BCUT2D eigenvalue weighted by Gasteiger charge is -2.22. The first kappa shape index (κ1) is 14.8. The Labute approximate surface area is 125 Å². The van der Waals surface area contributed by atoms with Crippen LogP contribution >= 0.6 is 0 Å². The highest BCUT2D eigenvalue weighted by molar-refractivity contribution is 5.69. The predicted octanol–water partition coefficient (Wildman–Crippen LogP) is 3.80.